The average Bonchev–Trinajstić information content (AvgIpc) is 3.00. The van der Waals surface area contributed by atoms with Gasteiger partial charge in [0, 0.05) is 13.2 Å². The molecule has 1 aromatic carbocycles. The minimum absolute atomic E-state index is 0.260. The molecule has 1 aliphatic heterocycles. The summed E-state index contributed by atoms with van der Waals surface area (Å²) in [4.78, 5) is 0. The molecule has 0 bridgehead atoms. The first-order chi connectivity index (χ1) is 10.8. The summed E-state index contributed by atoms with van der Waals surface area (Å²) in [6, 6.07) is 10.2. The summed E-state index contributed by atoms with van der Waals surface area (Å²) in [5.41, 5.74) is 1.17. The Kier molecular flexibility index (Phi) is 4.65. The molecule has 0 radical (unpaired) electrons. The summed E-state index contributed by atoms with van der Waals surface area (Å²) in [6.07, 6.45) is 0.915. The van der Waals surface area contributed by atoms with Crippen molar-refractivity contribution in [2.24, 2.45) is 0 Å². The summed E-state index contributed by atoms with van der Waals surface area (Å²) in [7, 11) is 3.32. The molecule has 5 heteroatoms. The van der Waals surface area contributed by atoms with Crippen LogP contribution in [0.5, 0.6) is 11.5 Å². The maximum Gasteiger partial charge on any atom is 0.164 e. The van der Waals surface area contributed by atoms with E-state index >= 15 is 0 Å². The van der Waals surface area contributed by atoms with Crippen LogP contribution in [0.15, 0.2) is 34.7 Å². The average molecular weight is 303 g/mol. The molecule has 0 spiro atoms. The van der Waals surface area contributed by atoms with Crippen molar-refractivity contribution < 1.29 is 18.6 Å². The minimum atomic E-state index is 0.260. The van der Waals surface area contributed by atoms with Crippen LogP contribution in [0.2, 0.25) is 0 Å². The molecule has 0 fully saturated rings. The Morgan fingerprint density at radius 3 is 2.86 bits per heavy atom. The molecule has 0 saturated heterocycles. The largest absolute Gasteiger partial charge is 0.493 e. The lowest BCUT2D eigenvalue weighted by Gasteiger charge is -2.27. The molecule has 1 atom stereocenters. The van der Waals surface area contributed by atoms with E-state index in [0.29, 0.717) is 19.8 Å². The predicted octanol–water partition coefficient (Wildman–Crippen LogP) is 2.53. The first kappa shape index (κ1) is 14.9. The van der Waals surface area contributed by atoms with Crippen molar-refractivity contribution in [2.75, 3.05) is 20.8 Å². The van der Waals surface area contributed by atoms with Gasteiger partial charge >= 0.3 is 0 Å². The van der Waals surface area contributed by atoms with E-state index in [0.717, 1.165) is 29.4 Å². The van der Waals surface area contributed by atoms with Crippen LogP contribution in [0.25, 0.3) is 0 Å². The number of rotatable bonds is 6. The minimum Gasteiger partial charge on any atom is -0.493 e. The third kappa shape index (κ3) is 3.26. The van der Waals surface area contributed by atoms with E-state index in [2.05, 4.69) is 11.4 Å². The third-order valence-electron chi connectivity index (χ3n) is 3.74. The number of benzene rings is 1. The summed E-state index contributed by atoms with van der Waals surface area (Å²) in [5.74, 6) is 3.41. The Morgan fingerprint density at radius 1 is 1.18 bits per heavy atom. The molecule has 0 saturated carbocycles. The molecule has 118 valence electrons. The molecule has 3 rings (SSSR count). The highest BCUT2D eigenvalue weighted by Gasteiger charge is 2.22. The second-order valence-electron chi connectivity index (χ2n) is 5.34. The SMILES string of the molecule is COCc1ccc(CNC2COc3c(cccc3OC)C2)o1. The van der Waals surface area contributed by atoms with Gasteiger partial charge in [-0.1, -0.05) is 12.1 Å². The number of fused-ring (bicyclic) bond motifs is 1. The molecule has 2 heterocycles. The number of methoxy groups -OCH3 is 2. The van der Waals surface area contributed by atoms with Crippen LogP contribution in [0.1, 0.15) is 17.1 Å². The summed E-state index contributed by atoms with van der Waals surface area (Å²) >= 11 is 0. The lowest BCUT2D eigenvalue weighted by Crippen LogP contribution is -2.38. The first-order valence-corrected chi connectivity index (χ1v) is 7.38. The Labute approximate surface area is 130 Å². The molecular formula is C17H21NO4. The van der Waals surface area contributed by atoms with Crippen LogP contribution >= 0.6 is 0 Å². The van der Waals surface area contributed by atoms with Gasteiger partial charge in [-0.3, -0.25) is 0 Å². The van der Waals surface area contributed by atoms with Gasteiger partial charge in [0.15, 0.2) is 11.5 Å². The molecular weight excluding hydrogens is 282 g/mol. The van der Waals surface area contributed by atoms with Crippen LogP contribution in [-0.2, 0) is 24.3 Å². The Bertz CT molecular complexity index is 623. The van der Waals surface area contributed by atoms with Crippen LogP contribution in [0.3, 0.4) is 0 Å². The summed E-state index contributed by atoms with van der Waals surface area (Å²) in [6.45, 7) is 1.80. The lowest BCUT2D eigenvalue weighted by atomic mass is 10.0. The molecule has 0 amide bonds. The van der Waals surface area contributed by atoms with Crippen LogP contribution in [-0.4, -0.2) is 26.9 Å². The quantitative estimate of drug-likeness (QED) is 0.888. The molecule has 1 unspecified atom stereocenters. The monoisotopic (exact) mass is 303 g/mol. The van der Waals surface area contributed by atoms with Gasteiger partial charge in [0.05, 0.1) is 13.7 Å². The van der Waals surface area contributed by atoms with E-state index in [1.807, 2.05) is 24.3 Å². The normalized spacial score (nSPS) is 16.9. The molecule has 2 aromatic rings. The number of para-hydroxylation sites is 1. The van der Waals surface area contributed by atoms with Gasteiger partial charge < -0.3 is 23.9 Å². The van der Waals surface area contributed by atoms with Crippen molar-refractivity contribution in [3.8, 4) is 11.5 Å². The molecule has 0 aliphatic carbocycles. The van der Waals surface area contributed by atoms with E-state index in [-0.39, 0.29) is 6.04 Å². The second-order valence-corrected chi connectivity index (χ2v) is 5.34. The maximum absolute atomic E-state index is 5.85. The van der Waals surface area contributed by atoms with Crippen LogP contribution in [0, 0.1) is 0 Å². The van der Waals surface area contributed by atoms with Gasteiger partial charge in [0.25, 0.3) is 0 Å². The fourth-order valence-electron chi connectivity index (χ4n) is 2.67. The van der Waals surface area contributed by atoms with E-state index in [1.54, 1.807) is 14.2 Å². The van der Waals surface area contributed by atoms with Crippen molar-refractivity contribution >= 4 is 0 Å². The maximum atomic E-state index is 5.85. The summed E-state index contributed by atoms with van der Waals surface area (Å²) < 4.78 is 21.9. The van der Waals surface area contributed by atoms with E-state index in [1.165, 1.54) is 5.56 Å². The molecule has 22 heavy (non-hydrogen) atoms. The first-order valence-electron chi connectivity index (χ1n) is 7.38. The van der Waals surface area contributed by atoms with Gasteiger partial charge in [-0.15, -0.1) is 0 Å². The van der Waals surface area contributed by atoms with Crippen molar-refractivity contribution in [1.82, 2.24) is 5.32 Å². The molecule has 1 N–H and O–H groups in total. The van der Waals surface area contributed by atoms with E-state index in [4.69, 9.17) is 18.6 Å². The second kappa shape index (κ2) is 6.85. The zero-order valence-corrected chi connectivity index (χ0v) is 12.9. The van der Waals surface area contributed by atoms with Crippen molar-refractivity contribution in [3.05, 3.63) is 47.4 Å². The van der Waals surface area contributed by atoms with Gasteiger partial charge in [0.2, 0.25) is 0 Å². The number of ether oxygens (including phenoxy) is 3. The highest BCUT2D eigenvalue weighted by atomic mass is 16.5. The molecule has 5 nitrogen and oxygen atoms in total. The number of hydrogen-bond donors (Lipinski definition) is 1. The smallest absolute Gasteiger partial charge is 0.164 e. The number of hydrogen-bond acceptors (Lipinski definition) is 5. The van der Waals surface area contributed by atoms with E-state index in [9.17, 15) is 0 Å². The van der Waals surface area contributed by atoms with Crippen molar-refractivity contribution in [2.45, 2.75) is 25.6 Å². The zero-order valence-electron chi connectivity index (χ0n) is 12.9. The Balaban J connectivity index is 1.58. The highest BCUT2D eigenvalue weighted by molar-refractivity contribution is 5.48. The topological polar surface area (TPSA) is 52.9 Å². The van der Waals surface area contributed by atoms with Gasteiger partial charge in [-0.05, 0) is 30.2 Å². The zero-order chi connectivity index (χ0) is 15.4. The predicted molar refractivity (Wildman–Crippen MR) is 82.2 cm³/mol. The van der Waals surface area contributed by atoms with Gasteiger partial charge in [-0.25, -0.2) is 0 Å². The standard InChI is InChI=1S/C17H21NO4/c1-19-11-15-7-6-14(22-15)9-18-13-8-12-4-3-5-16(20-2)17(12)21-10-13/h3-7,13,18H,8-11H2,1-2H3. The molecule has 1 aliphatic rings. The van der Waals surface area contributed by atoms with Crippen LogP contribution < -0.4 is 14.8 Å². The highest BCUT2D eigenvalue weighted by Crippen LogP contribution is 2.34. The fourth-order valence-corrected chi connectivity index (χ4v) is 2.67. The summed E-state index contributed by atoms with van der Waals surface area (Å²) in [5, 5.41) is 3.47. The lowest BCUT2D eigenvalue weighted by molar-refractivity contribution is 0.162. The number of nitrogens with one attached hydrogen (secondary N) is 1. The van der Waals surface area contributed by atoms with Crippen molar-refractivity contribution in [3.63, 3.8) is 0 Å². The third-order valence-corrected chi connectivity index (χ3v) is 3.74. The van der Waals surface area contributed by atoms with Gasteiger partial charge in [-0.2, -0.15) is 0 Å². The Morgan fingerprint density at radius 2 is 2.05 bits per heavy atom. The Hall–Kier alpha value is -1.98. The number of furan rings is 1. The fraction of sp³-hybridized carbons (Fsp3) is 0.412. The van der Waals surface area contributed by atoms with E-state index < -0.39 is 0 Å². The van der Waals surface area contributed by atoms with Crippen LogP contribution in [0.4, 0.5) is 0 Å². The van der Waals surface area contributed by atoms with Crippen molar-refractivity contribution in [1.29, 1.82) is 0 Å². The van der Waals surface area contributed by atoms with Gasteiger partial charge in [0.1, 0.15) is 24.7 Å². The molecule has 1 aromatic heterocycles.